The summed E-state index contributed by atoms with van der Waals surface area (Å²) in [5, 5.41) is 24.3. The quantitative estimate of drug-likeness (QED) is 0.403. The molecule has 0 saturated heterocycles. The highest BCUT2D eigenvalue weighted by Gasteiger charge is 2.45. The molecule has 1 aliphatic heterocycles. The zero-order valence-electron chi connectivity index (χ0n) is 22.2. The van der Waals surface area contributed by atoms with Crippen molar-refractivity contribution < 1.29 is 24.6 Å². The van der Waals surface area contributed by atoms with E-state index in [9.17, 15) is 19.8 Å². The van der Waals surface area contributed by atoms with Crippen molar-refractivity contribution in [1.29, 1.82) is 0 Å². The van der Waals surface area contributed by atoms with E-state index in [-0.39, 0.29) is 25.0 Å². The molecule has 0 radical (unpaired) electrons. The van der Waals surface area contributed by atoms with Crippen molar-refractivity contribution in [3.8, 4) is 0 Å². The predicted molar refractivity (Wildman–Crippen MR) is 144 cm³/mol. The van der Waals surface area contributed by atoms with Gasteiger partial charge < -0.3 is 20.4 Å². The van der Waals surface area contributed by atoms with Gasteiger partial charge in [-0.3, -0.25) is 4.79 Å². The number of carboxylic acids is 1. The number of aryl methyl sites for hydroxylation is 3. The van der Waals surface area contributed by atoms with Crippen LogP contribution in [-0.2, 0) is 40.1 Å². The highest BCUT2D eigenvalue weighted by atomic mass is 16.7. The van der Waals surface area contributed by atoms with Crippen molar-refractivity contribution in [2.45, 2.75) is 83.2 Å². The molecule has 0 spiro atoms. The van der Waals surface area contributed by atoms with E-state index >= 15 is 0 Å². The van der Waals surface area contributed by atoms with Crippen LogP contribution in [-0.4, -0.2) is 57.4 Å². The number of aliphatic hydroxyl groups is 1. The van der Waals surface area contributed by atoms with Crippen molar-refractivity contribution in [1.82, 2.24) is 10.0 Å². The van der Waals surface area contributed by atoms with Gasteiger partial charge in [-0.15, -0.1) is 5.06 Å². The second-order valence-corrected chi connectivity index (χ2v) is 11.5. The van der Waals surface area contributed by atoms with Gasteiger partial charge >= 0.3 is 11.9 Å². The van der Waals surface area contributed by atoms with E-state index < -0.39 is 17.4 Å². The normalized spacial score (nSPS) is 24.9. The molecule has 2 atom stereocenters. The number of hydrogen-bond donors (Lipinski definition) is 3. The Kier molecular flexibility index (Phi) is 8.00. The molecular weight excluding hydrogens is 482 g/mol. The van der Waals surface area contributed by atoms with Gasteiger partial charge in [0.2, 0.25) is 0 Å². The number of nitrogens with zero attached hydrogens (tertiary/aromatic N) is 2. The zero-order valence-corrected chi connectivity index (χ0v) is 22.2. The molecule has 2 aromatic rings. The second-order valence-electron chi connectivity index (χ2n) is 11.5. The Bertz CT molecular complexity index is 1160. The Morgan fingerprint density at radius 1 is 1.16 bits per heavy atom. The molecule has 2 heterocycles. The van der Waals surface area contributed by atoms with E-state index in [1.807, 2.05) is 25.1 Å². The molecule has 3 N–H and O–H groups in total. The molecule has 204 valence electrons. The first-order valence-electron chi connectivity index (χ1n) is 14.0. The van der Waals surface area contributed by atoms with Crippen LogP contribution >= 0.6 is 0 Å². The molecule has 1 unspecified atom stereocenters. The Labute approximate surface area is 224 Å². The van der Waals surface area contributed by atoms with E-state index in [0.29, 0.717) is 18.8 Å². The number of aromatic nitrogens is 1. The number of aliphatic carboxylic acids is 1. The molecule has 3 aliphatic rings. The molecule has 0 amide bonds. The summed E-state index contributed by atoms with van der Waals surface area (Å²) in [7, 11) is 0. The number of hydroxylamine groups is 2. The number of pyridine rings is 1. The largest absolute Gasteiger partial charge is 0.480 e. The van der Waals surface area contributed by atoms with E-state index in [2.05, 4.69) is 23.5 Å². The van der Waals surface area contributed by atoms with Crippen LogP contribution in [0.4, 0.5) is 5.82 Å². The number of carboxylic acid groups (broad SMARTS) is 1. The van der Waals surface area contributed by atoms with Crippen LogP contribution in [0, 0.1) is 11.3 Å². The lowest BCUT2D eigenvalue weighted by atomic mass is 9.73. The van der Waals surface area contributed by atoms with Gasteiger partial charge in [-0.25, -0.2) is 9.78 Å². The Balaban J connectivity index is 1.22. The van der Waals surface area contributed by atoms with Gasteiger partial charge in [0.1, 0.15) is 11.9 Å². The molecule has 2 aliphatic carbocycles. The Morgan fingerprint density at radius 3 is 2.71 bits per heavy atom. The van der Waals surface area contributed by atoms with Crippen LogP contribution in [0.15, 0.2) is 36.4 Å². The van der Waals surface area contributed by atoms with Crippen LogP contribution in [0.1, 0.15) is 67.8 Å². The minimum atomic E-state index is -1.08. The van der Waals surface area contributed by atoms with Gasteiger partial charge in [0, 0.05) is 24.9 Å². The van der Waals surface area contributed by atoms with Crippen molar-refractivity contribution in [2.75, 3.05) is 18.5 Å². The topological polar surface area (TPSA) is 112 Å². The van der Waals surface area contributed by atoms with Crippen LogP contribution in [0.5, 0.6) is 0 Å². The monoisotopic (exact) mass is 521 g/mol. The summed E-state index contributed by atoms with van der Waals surface area (Å²) in [6.45, 7) is 2.59. The summed E-state index contributed by atoms with van der Waals surface area (Å²) in [6.07, 6.45) is 7.56. The number of aliphatic hydroxyl groups excluding tert-OH is 1. The highest BCUT2D eigenvalue weighted by Crippen LogP contribution is 2.40. The standard InChI is InChI=1S/C30H39N3O5/c1-30(14-12-21-5-2-3-6-23(21)19-30)29(37)38-33(26(13-16-34)28(35)36)25-17-20(18-25)8-10-24-11-9-22-7-4-15-31-27(22)32-24/h2-3,5-6,9,11,20,25-26,34H,4,7-8,10,12-19H2,1H3,(H,31,32)(H,35,36)/t20?,25?,26-,30?/m0/s1. The molecular formula is C30H39N3O5. The predicted octanol–water partition coefficient (Wildman–Crippen LogP) is 3.94. The van der Waals surface area contributed by atoms with Crippen molar-refractivity contribution in [3.05, 3.63) is 58.8 Å². The van der Waals surface area contributed by atoms with Crippen LogP contribution in [0.2, 0.25) is 0 Å². The third-order valence-electron chi connectivity index (χ3n) is 8.65. The van der Waals surface area contributed by atoms with Crippen molar-refractivity contribution >= 4 is 17.8 Å². The van der Waals surface area contributed by atoms with E-state index in [4.69, 9.17) is 9.82 Å². The first-order chi connectivity index (χ1) is 18.4. The highest BCUT2D eigenvalue weighted by molar-refractivity contribution is 5.78. The average molecular weight is 522 g/mol. The van der Waals surface area contributed by atoms with Gasteiger partial charge in [-0.1, -0.05) is 30.3 Å². The second kappa shape index (κ2) is 11.4. The number of carbonyl (C=O) groups excluding carboxylic acids is 1. The third-order valence-corrected chi connectivity index (χ3v) is 8.65. The fraction of sp³-hybridized carbons (Fsp3) is 0.567. The minimum Gasteiger partial charge on any atom is -0.480 e. The summed E-state index contributed by atoms with van der Waals surface area (Å²) >= 11 is 0. The number of benzene rings is 1. The van der Waals surface area contributed by atoms with Gasteiger partial charge in [-0.2, -0.15) is 0 Å². The lowest BCUT2D eigenvalue weighted by Crippen LogP contribution is -2.55. The first kappa shape index (κ1) is 26.6. The lowest BCUT2D eigenvalue weighted by Gasteiger charge is -2.45. The number of nitrogens with one attached hydrogen (secondary N) is 1. The number of carbonyl (C=O) groups is 2. The van der Waals surface area contributed by atoms with Gasteiger partial charge in [-0.05, 0) is 99.8 Å². The number of fused-ring (bicyclic) bond motifs is 2. The maximum Gasteiger partial charge on any atom is 0.331 e. The Morgan fingerprint density at radius 2 is 1.95 bits per heavy atom. The van der Waals surface area contributed by atoms with E-state index in [1.165, 1.54) is 16.2 Å². The number of hydrogen-bond acceptors (Lipinski definition) is 7. The lowest BCUT2D eigenvalue weighted by molar-refractivity contribution is -0.242. The maximum atomic E-state index is 13.5. The molecule has 38 heavy (non-hydrogen) atoms. The SMILES string of the molecule is CC1(C(=O)ON(C2CC(CCc3ccc4c(n3)NCCC4)C2)[C@@H](CCO)C(=O)O)CCc2ccccc2C1. The summed E-state index contributed by atoms with van der Waals surface area (Å²) in [4.78, 5) is 36.4. The molecule has 1 saturated carbocycles. The number of rotatable bonds is 10. The smallest absolute Gasteiger partial charge is 0.331 e. The summed E-state index contributed by atoms with van der Waals surface area (Å²) < 4.78 is 0. The first-order valence-corrected chi connectivity index (χ1v) is 14.0. The Hall–Kier alpha value is -2.97. The van der Waals surface area contributed by atoms with Crippen molar-refractivity contribution in [3.63, 3.8) is 0 Å². The average Bonchev–Trinajstić information content (AvgIpc) is 2.89. The summed E-state index contributed by atoms with van der Waals surface area (Å²) in [5.41, 5.74) is 4.03. The van der Waals surface area contributed by atoms with Gasteiger partial charge in [0.25, 0.3) is 0 Å². The van der Waals surface area contributed by atoms with Crippen LogP contribution in [0.3, 0.4) is 0 Å². The van der Waals surface area contributed by atoms with Crippen LogP contribution < -0.4 is 5.32 Å². The molecule has 1 aromatic heterocycles. The van der Waals surface area contributed by atoms with Crippen LogP contribution in [0.25, 0.3) is 0 Å². The molecule has 8 heteroatoms. The molecule has 0 bridgehead atoms. The fourth-order valence-electron chi connectivity index (χ4n) is 6.15. The fourth-order valence-corrected chi connectivity index (χ4v) is 6.15. The maximum absolute atomic E-state index is 13.5. The molecule has 5 rings (SSSR count). The number of anilines is 1. The molecule has 8 nitrogen and oxygen atoms in total. The summed E-state index contributed by atoms with van der Waals surface area (Å²) in [5.74, 6) is -0.0521. The minimum absolute atomic E-state index is 0.00930. The molecule has 1 aromatic carbocycles. The van der Waals surface area contributed by atoms with Gasteiger partial charge in [0.05, 0.1) is 5.41 Å². The third kappa shape index (κ3) is 5.71. The zero-order chi connectivity index (χ0) is 26.7. The summed E-state index contributed by atoms with van der Waals surface area (Å²) in [6, 6.07) is 11.2. The molecule has 1 fully saturated rings. The van der Waals surface area contributed by atoms with E-state index in [0.717, 1.165) is 68.6 Å². The van der Waals surface area contributed by atoms with Crippen molar-refractivity contribution in [2.24, 2.45) is 11.3 Å². The van der Waals surface area contributed by atoms with Gasteiger partial charge in [0.15, 0.2) is 0 Å². The van der Waals surface area contributed by atoms with E-state index in [1.54, 1.807) is 0 Å².